The van der Waals surface area contributed by atoms with Gasteiger partial charge < -0.3 is 4.74 Å². The fourth-order valence-corrected chi connectivity index (χ4v) is 2.12. The highest BCUT2D eigenvalue weighted by atomic mass is 127. The van der Waals surface area contributed by atoms with Crippen LogP contribution in [0.1, 0.15) is 12.0 Å². The van der Waals surface area contributed by atoms with E-state index < -0.39 is 0 Å². The van der Waals surface area contributed by atoms with Crippen LogP contribution >= 0.6 is 22.6 Å². The zero-order valence-corrected chi connectivity index (χ0v) is 10.3. The summed E-state index contributed by atoms with van der Waals surface area (Å²) in [5.74, 6) is -0.221. The molecule has 0 spiro atoms. The molecule has 2 nitrogen and oxygen atoms in total. The molecule has 1 unspecified atom stereocenters. The quantitative estimate of drug-likeness (QED) is 0.477. The van der Waals surface area contributed by atoms with Gasteiger partial charge in [0.1, 0.15) is 6.10 Å². The molecular formula is C12H11IO2. The van der Waals surface area contributed by atoms with Crippen molar-refractivity contribution >= 4 is 34.1 Å². The van der Waals surface area contributed by atoms with Crippen LogP contribution in [0.25, 0.3) is 5.57 Å². The number of halogens is 1. The van der Waals surface area contributed by atoms with E-state index >= 15 is 0 Å². The summed E-state index contributed by atoms with van der Waals surface area (Å²) in [5.41, 5.74) is 2.19. The summed E-state index contributed by atoms with van der Waals surface area (Å²) in [6.07, 6.45) is 2.44. The van der Waals surface area contributed by atoms with Gasteiger partial charge in [-0.05, 0) is 11.1 Å². The van der Waals surface area contributed by atoms with Gasteiger partial charge in [-0.25, -0.2) is 4.79 Å². The third-order valence-electron chi connectivity index (χ3n) is 2.34. The van der Waals surface area contributed by atoms with Crippen molar-refractivity contribution in [2.24, 2.45) is 0 Å². The topological polar surface area (TPSA) is 26.3 Å². The van der Waals surface area contributed by atoms with Crippen LogP contribution in [0, 0.1) is 0 Å². The standard InChI is InChI=1S/C12H11IO2/c13-8-11-6-10(7-12(14)15-11)9-4-2-1-3-5-9/h1-5,7,11H,6,8H2. The first kappa shape index (κ1) is 10.7. The average Bonchev–Trinajstić information content (AvgIpc) is 2.29. The summed E-state index contributed by atoms with van der Waals surface area (Å²) < 4.78 is 6.01. The highest BCUT2D eigenvalue weighted by Crippen LogP contribution is 2.25. The largest absolute Gasteiger partial charge is 0.458 e. The summed E-state index contributed by atoms with van der Waals surface area (Å²) >= 11 is 2.24. The summed E-state index contributed by atoms with van der Waals surface area (Å²) in [4.78, 5) is 11.3. The van der Waals surface area contributed by atoms with Crippen LogP contribution in [-0.2, 0) is 9.53 Å². The van der Waals surface area contributed by atoms with Crippen molar-refractivity contribution in [2.75, 3.05) is 4.43 Å². The van der Waals surface area contributed by atoms with E-state index in [1.807, 2.05) is 30.3 Å². The van der Waals surface area contributed by atoms with Crippen molar-refractivity contribution in [3.8, 4) is 0 Å². The molecule has 0 radical (unpaired) electrons. The van der Waals surface area contributed by atoms with Crippen LogP contribution in [0.3, 0.4) is 0 Å². The van der Waals surface area contributed by atoms with Crippen LogP contribution in [0.2, 0.25) is 0 Å². The second kappa shape index (κ2) is 4.79. The van der Waals surface area contributed by atoms with E-state index in [9.17, 15) is 4.79 Å². The summed E-state index contributed by atoms with van der Waals surface area (Å²) in [5, 5.41) is 0. The van der Waals surface area contributed by atoms with Crippen LogP contribution in [0.15, 0.2) is 36.4 Å². The van der Waals surface area contributed by atoms with Crippen LogP contribution < -0.4 is 0 Å². The van der Waals surface area contributed by atoms with Gasteiger partial charge in [-0.15, -0.1) is 0 Å². The van der Waals surface area contributed by atoms with Crippen molar-refractivity contribution in [2.45, 2.75) is 12.5 Å². The Morgan fingerprint density at radius 1 is 1.33 bits per heavy atom. The predicted molar refractivity (Wildman–Crippen MR) is 67.8 cm³/mol. The summed E-state index contributed by atoms with van der Waals surface area (Å²) in [6.45, 7) is 0. The Bertz CT molecular complexity index is 384. The third-order valence-corrected chi connectivity index (χ3v) is 3.32. The van der Waals surface area contributed by atoms with Gasteiger partial charge in [-0.2, -0.15) is 0 Å². The SMILES string of the molecule is O=C1C=C(c2ccccc2)CC(CI)O1. The van der Waals surface area contributed by atoms with Gasteiger partial charge in [0.2, 0.25) is 0 Å². The Kier molecular flexibility index (Phi) is 3.41. The molecule has 3 heteroatoms. The smallest absolute Gasteiger partial charge is 0.331 e. The minimum absolute atomic E-state index is 0.0262. The Morgan fingerprint density at radius 3 is 2.73 bits per heavy atom. The normalized spacial score (nSPS) is 20.7. The molecule has 1 aromatic rings. The molecular weight excluding hydrogens is 303 g/mol. The molecule has 2 rings (SSSR count). The highest BCUT2D eigenvalue weighted by molar-refractivity contribution is 14.1. The Morgan fingerprint density at radius 2 is 2.07 bits per heavy atom. The Labute approximate surface area is 102 Å². The van der Waals surface area contributed by atoms with Crippen molar-refractivity contribution in [1.82, 2.24) is 0 Å². The molecule has 0 saturated carbocycles. The van der Waals surface area contributed by atoms with Gasteiger partial charge >= 0.3 is 5.97 Å². The maximum Gasteiger partial charge on any atom is 0.331 e. The molecule has 0 saturated heterocycles. The minimum atomic E-state index is -0.221. The monoisotopic (exact) mass is 314 g/mol. The van der Waals surface area contributed by atoms with Crippen molar-refractivity contribution in [3.05, 3.63) is 42.0 Å². The third kappa shape index (κ3) is 2.59. The first-order chi connectivity index (χ1) is 7.29. The van der Waals surface area contributed by atoms with Crippen LogP contribution in [0.5, 0.6) is 0 Å². The first-order valence-corrected chi connectivity index (χ1v) is 6.34. The van der Waals surface area contributed by atoms with Crippen molar-refractivity contribution in [1.29, 1.82) is 0 Å². The maximum absolute atomic E-state index is 11.3. The molecule has 0 N–H and O–H groups in total. The number of ether oxygens (including phenoxy) is 1. The molecule has 1 aliphatic rings. The number of hydrogen-bond acceptors (Lipinski definition) is 2. The molecule has 1 atom stereocenters. The lowest BCUT2D eigenvalue weighted by atomic mass is 9.98. The van der Waals surface area contributed by atoms with Gasteiger partial charge in [0.15, 0.2) is 0 Å². The lowest BCUT2D eigenvalue weighted by Crippen LogP contribution is -2.23. The van der Waals surface area contributed by atoms with E-state index in [4.69, 9.17) is 4.74 Å². The molecule has 15 heavy (non-hydrogen) atoms. The molecule has 0 aromatic heterocycles. The van der Waals surface area contributed by atoms with Crippen molar-refractivity contribution in [3.63, 3.8) is 0 Å². The average molecular weight is 314 g/mol. The molecule has 0 amide bonds. The van der Waals surface area contributed by atoms with E-state index in [1.165, 1.54) is 0 Å². The van der Waals surface area contributed by atoms with Gasteiger partial charge in [0, 0.05) is 16.9 Å². The number of rotatable bonds is 2. The fraction of sp³-hybridized carbons (Fsp3) is 0.250. The van der Waals surface area contributed by atoms with Crippen molar-refractivity contribution < 1.29 is 9.53 Å². The molecule has 1 aromatic carbocycles. The number of esters is 1. The molecule has 0 aliphatic carbocycles. The van der Waals surface area contributed by atoms with Gasteiger partial charge in [-0.3, -0.25) is 0 Å². The van der Waals surface area contributed by atoms with E-state index in [0.717, 1.165) is 22.0 Å². The van der Waals surface area contributed by atoms with Crippen LogP contribution in [-0.4, -0.2) is 16.5 Å². The molecule has 0 fully saturated rings. The number of cyclic esters (lactones) is 1. The van der Waals surface area contributed by atoms with E-state index in [0.29, 0.717) is 0 Å². The number of alkyl halides is 1. The first-order valence-electron chi connectivity index (χ1n) is 4.82. The summed E-state index contributed by atoms with van der Waals surface area (Å²) in [7, 11) is 0. The summed E-state index contributed by atoms with van der Waals surface area (Å²) in [6, 6.07) is 9.98. The Balaban J connectivity index is 2.26. The molecule has 78 valence electrons. The van der Waals surface area contributed by atoms with Gasteiger partial charge in [-0.1, -0.05) is 52.9 Å². The van der Waals surface area contributed by atoms with E-state index in [1.54, 1.807) is 6.08 Å². The number of carbonyl (C=O) groups excluding carboxylic acids is 1. The second-order valence-corrected chi connectivity index (χ2v) is 4.33. The van der Waals surface area contributed by atoms with Gasteiger partial charge in [0.05, 0.1) is 0 Å². The molecule has 1 heterocycles. The molecule has 1 aliphatic heterocycles. The lowest BCUT2D eigenvalue weighted by Gasteiger charge is -2.21. The highest BCUT2D eigenvalue weighted by Gasteiger charge is 2.20. The number of carbonyl (C=O) groups is 1. The maximum atomic E-state index is 11.3. The van der Waals surface area contributed by atoms with E-state index in [2.05, 4.69) is 22.6 Å². The number of hydrogen-bond donors (Lipinski definition) is 0. The van der Waals surface area contributed by atoms with Crippen LogP contribution in [0.4, 0.5) is 0 Å². The fourth-order valence-electron chi connectivity index (χ4n) is 1.63. The zero-order chi connectivity index (χ0) is 10.7. The zero-order valence-electron chi connectivity index (χ0n) is 8.15. The second-order valence-electron chi connectivity index (χ2n) is 3.45. The predicted octanol–water partition coefficient (Wildman–Crippen LogP) is 2.82. The van der Waals surface area contributed by atoms with Gasteiger partial charge in [0.25, 0.3) is 0 Å². The molecule has 0 bridgehead atoms. The lowest BCUT2D eigenvalue weighted by molar-refractivity contribution is -0.142. The minimum Gasteiger partial charge on any atom is -0.458 e. The Hall–Kier alpha value is -0.840. The van der Waals surface area contributed by atoms with E-state index in [-0.39, 0.29) is 12.1 Å². The number of benzene rings is 1.